The molecule has 0 aromatic heterocycles. The van der Waals surface area contributed by atoms with Crippen molar-refractivity contribution in [2.75, 3.05) is 0 Å². The van der Waals surface area contributed by atoms with Crippen molar-refractivity contribution in [1.29, 1.82) is 0 Å². The van der Waals surface area contributed by atoms with Gasteiger partial charge in [-0.2, -0.15) is 0 Å². The van der Waals surface area contributed by atoms with E-state index >= 15 is 0 Å². The summed E-state index contributed by atoms with van der Waals surface area (Å²) in [7, 11) is 0. The van der Waals surface area contributed by atoms with Crippen LogP contribution in [0.4, 0.5) is 0 Å². The Kier molecular flexibility index (Phi) is 3.69. The summed E-state index contributed by atoms with van der Waals surface area (Å²) in [5.41, 5.74) is 0. The van der Waals surface area contributed by atoms with E-state index in [9.17, 15) is 9.59 Å². The van der Waals surface area contributed by atoms with Gasteiger partial charge in [0.15, 0.2) is 0 Å². The van der Waals surface area contributed by atoms with Gasteiger partial charge in [0, 0.05) is 12.8 Å². The maximum absolute atomic E-state index is 10.7. The van der Waals surface area contributed by atoms with Crippen molar-refractivity contribution in [2.24, 2.45) is 5.92 Å². The molecule has 3 heteroatoms. The summed E-state index contributed by atoms with van der Waals surface area (Å²) in [4.78, 5) is 20.9. The number of carbonyl (C=O) groups is 2. The fourth-order valence-electron chi connectivity index (χ4n) is 0.573. The zero-order chi connectivity index (χ0) is 8.15. The topological polar surface area (TPSA) is 54.4 Å². The Bertz CT molecular complexity index is 140. The van der Waals surface area contributed by atoms with Crippen LogP contribution < -0.4 is 0 Å². The number of carboxylic acid groups (broad SMARTS) is 1. The Morgan fingerprint density at radius 3 is 2.30 bits per heavy atom. The van der Waals surface area contributed by atoms with Gasteiger partial charge in [0.1, 0.15) is 5.78 Å². The molecule has 0 heterocycles. The van der Waals surface area contributed by atoms with E-state index in [0.29, 0.717) is 6.42 Å². The van der Waals surface area contributed by atoms with Crippen LogP contribution in [0.2, 0.25) is 0 Å². The molecule has 0 bridgehead atoms. The quantitative estimate of drug-likeness (QED) is 0.642. The van der Waals surface area contributed by atoms with Crippen LogP contribution in [0.1, 0.15) is 26.7 Å². The van der Waals surface area contributed by atoms with Crippen LogP contribution in [0.25, 0.3) is 0 Å². The molecule has 0 rings (SSSR count). The van der Waals surface area contributed by atoms with Gasteiger partial charge in [-0.1, -0.05) is 13.8 Å². The van der Waals surface area contributed by atoms with Gasteiger partial charge in [-0.05, 0) is 0 Å². The number of hydrogen-bond donors (Lipinski definition) is 1. The van der Waals surface area contributed by atoms with Crippen molar-refractivity contribution >= 4 is 11.8 Å². The van der Waals surface area contributed by atoms with E-state index in [2.05, 4.69) is 0 Å². The Hall–Kier alpha value is -0.860. The Morgan fingerprint density at radius 2 is 2.00 bits per heavy atom. The molecule has 0 fully saturated rings. The van der Waals surface area contributed by atoms with Crippen LogP contribution in [-0.2, 0) is 9.59 Å². The molecule has 0 saturated carbocycles. The van der Waals surface area contributed by atoms with E-state index in [1.165, 1.54) is 6.92 Å². The number of aliphatic carboxylic acids is 1. The zero-order valence-electron chi connectivity index (χ0n) is 6.26. The number of carboxylic acids is 1. The minimum Gasteiger partial charge on any atom is -0.481 e. The third-order valence-electron chi connectivity index (χ3n) is 1.35. The molecule has 0 aliphatic heterocycles. The Morgan fingerprint density at radius 1 is 1.50 bits per heavy atom. The molecular weight excluding hydrogens is 132 g/mol. The van der Waals surface area contributed by atoms with E-state index in [1.807, 2.05) is 0 Å². The predicted molar refractivity (Wildman–Crippen MR) is 36.7 cm³/mol. The summed E-state index contributed by atoms with van der Waals surface area (Å²) in [6.07, 6.45) is 0.587. The lowest BCUT2D eigenvalue weighted by Crippen LogP contribution is -2.13. The highest BCUT2D eigenvalue weighted by Crippen LogP contribution is 2.03. The van der Waals surface area contributed by atoms with Crippen molar-refractivity contribution in [3.05, 3.63) is 0 Å². The standard InChI is InChI=1S/C7H12O3/c1-3-6(8)4-5(2)7(9)10/h5H,3-4H2,1-2H3,(H,9,10)/t5-/m1/s1. The van der Waals surface area contributed by atoms with Gasteiger partial charge in [0.2, 0.25) is 0 Å². The molecule has 0 aromatic carbocycles. The molecule has 0 spiro atoms. The van der Waals surface area contributed by atoms with Crippen LogP contribution in [-0.4, -0.2) is 16.9 Å². The molecule has 0 radical (unpaired) electrons. The summed E-state index contributed by atoms with van der Waals surface area (Å²) in [5.74, 6) is -1.43. The van der Waals surface area contributed by atoms with Gasteiger partial charge in [-0.15, -0.1) is 0 Å². The lowest BCUT2D eigenvalue weighted by molar-refractivity contribution is -0.143. The van der Waals surface area contributed by atoms with Gasteiger partial charge in [0.25, 0.3) is 0 Å². The number of hydrogen-bond acceptors (Lipinski definition) is 2. The third-order valence-corrected chi connectivity index (χ3v) is 1.35. The van der Waals surface area contributed by atoms with E-state index in [1.54, 1.807) is 6.92 Å². The normalized spacial score (nSPS) is 12.6. The lowest BCUT2D eigenvalue weighted by atomic mass is 10.0. The first-order valence-corrected chi connectivity index (χ1v) is 3.32. The number of ketones is 1. The smallest absolute Gasteiger partial charge is 0.306 e. The van der Waals surface area contributed by atoms with Crippen molar-refractivity contribution in [3.8, 4) is 0 Å². The summed E-state index contributed by atoms with van der Waals surface area (Å²) in [5, 5.41) is 8.37. The average molecular weight is 144 g/mol. The second-order valence-electron chi connectivity index (χ2n) is 2.34. The van der Waals surface area contributed by atoms with E-state index in [0.717, 1.165) is 0 Å². The van der Waals surface area contributed by atoms with Crippen LogP contribution in [0, 0.1) is 5.92 Å². The fourth-order valence-corrected chi connectivity index (χ4v) is 0.573. The van der Waals surface area contributed by atoms with Gasteiger partial charge < -0.3 is 5.11 Å². The summed E-state index contributed by atoms with van der Waals surface area (Å²) < 4.78 is 0. The summed E-state index contributed by atoms with van der Waals surface area (Å²) in [6, 6.07) is 0. The highest BCUT2D eigenvalue weighted by Gasteiger charge is 2.13. The molecule has 0 aliphatic rings. The van der Waals surface area contributed by atoms with Crippen LogP contribution >= 0.6 is 0 Å². The summed E-state index contributed by atoms with van der Waals surface area (Å²) in [6.45, 7) is 3.27. The Balaban J connectivity index is 3.68. The highest BCUT2D eigenvalue weighted by molar-refractivity contribution is 5.83. The largest absolute Gasteiger partial charge is 0.481 e. The molecule has 0 unspecified atom stereocenters. The molecule has 10 heavy (non-hydrogen) atoms. The molecule has 0 aromatic rings. The minimum absolute atomic E-state index is 0.00917. The maximum atomic E-state index is 10.7. The lowest BCUT2D eigenvalue weighted by Gasteiger charge is -2.01. The van der Waals surface area contributed by atoms with E-state index in [4.69, 9.17) is 5.11 Å². The minimum atomic E-state index is -0.901. The molecule has 1 atom stereocenters. The summed E-state index contributed by atoms with van der Waals surface area (Å²) >= 11 is 0. The molecule has 3 nitrogen and oxygen atoms in total. The molecule has 0 saturated heterocycles. The average Bonchev–Trinajstić information content (AvgIpc) is 1.87. The monoisotopic (exact) mass is 144 g/mol. The van der Waals surface area contributed by atoms with Gasteiger partial charge in [-0.25, -0.2) is 0 Å². The maximum Gasteiger partial charge on any atom is 0.306 e. The second kappa shape index (κ2) is 4.04. The molecule has 58 valence electrons. The second-order valence-corrected chi connectivity index (χ2v) is 2.34. The number of Topliss-reactive ketones (excluding diaryl/α,β-unsaturated/α-hetero) is 1. The van der Waals surface area contributed by atoms with Crippen molar-refractivity contribution < 1.29 is 14.7 Å². The molecule has 1 N–H and O–H groups in total. The first-order valence-electron chi connectivity index (χ1n) is 3.32. The molecule has 0 aliphatic carbocycles. The SMILES string of the molecule is CCC(=O)C[C@@H](C)C(=O)O. The van der Waals surface area contributed by atoms with Crippen molar-refractivity contribution in [3.63, 3.8) is 0 Å². The van der Waals surface area contributed by atoms with Gasteiger partial charge >= 0.3 is 5.97 Å². The van der Waals surface area contributed by atoms with E-state index < -0.39 is 11.9 Å². The third kappa shape index (κ3) is 3.22. The first kappa shape index (κ1) is 9.14. The molecule has 0 amide bonds. The zero-order valence-corrected chi connectivity index (χ0v) is 6.26. The van der Waals surface area contributed by atoms with Crippen LogP contribution in [0.15, 0.2) is 0 Å². The first-order chi connectivity index (χ1) is 4.57. The predicted octanol–water partition coefficient (Wildman–Crippen LogP) is 1.08. The highest BCUT2D eigenvalue weighted by atomic mass is 16.4. The van der Waals surface area contributed by atoms with Crippen LogP contribution in [0.5, 0.6) is 0 Å². The van der Waals surface area contributed by atoms with E-state index in [-0.39, 0.29) is 12.2 Å². The number of carbonyl (C=O) groups excluding carboxylic acids is 1. The number of rotatable bonds is 4. The van der Waals surface area contributed by atoms with Gasteiger partial charge in [-0.3, -0.25) is 9.59 Å². The van der Waals surface area contributed by atoms with Crippen LogP contribution in [0.3, 0.4) is 0 Å². The van der Waals surface area contributed by atoms with Crippen molar-refractivity contribution in [1.82, 2.24) is 0 Å². The van der Waals surface area contributed by atoms with Crippen molar-refractivity contribution in [2.45, 2.75) is 26.7 Å². The molecular formula is C7H12O3. The fraction of sp³-hybridized carbons (Fsp3) is 0.714. The Labute approximate surface area is 60.0 Å². The van der Waals surface area contributed by atoms with Gasteiger partial charge in [0.05, 0.1) is 5.92 Å².